The number of hydrogen-bond acceptors (Lipinski definition) is 12. The number of likely N-dealkylation sites (N-methyl/N-ethyl adjacent to an activating group) is 1. The maximum absolute atomic E-state index is 16.1. The molecule has 3 aromatic rings. The molecular weight excluding hydrogens is 927 g/mol. The van der Waals surface area contributed by atoms with Crippen LogP contribution in [0.3, 0.4) is 0 Å². The molecule has 3 saturated carbocycles. The zero-order valence-corrected chi connectivity index (χ0v) is 43.5. The van der Waals surface area contributed by atoms with Gasteiger partial charge in [-0.05, 0) is 111 Å². The topological polar surface area (TPSA) is 166 Å². The van der Waals surface area contributed by atoms with Crippen molar-refractivity contribution in [1.82, 2.24) is 15.3 Å². The van der Waals surface area contributed by atoms with Crippen LogP contribution in [0.1, 0.15) is 121 Å². The molecule has 390 valence electrons. The Morgan fingerprint density at radius 1 is 0.918 bits per heavy atom. The summed E-state index contributed by atoms with van der Waals surface area (Å²) in [5, 5.41) is 15.1. The maximum atomic E-state index is 16.1. The molecule has 2 N–H and O–H groups in total. The molecule has 12 atom stereocenters. The highest BCUT2D eigenvalue weighted by Gasteiger charge is 2.77. The van der Waals surface area contributed by atoms with Gasteiger partial charge in [-0.1, -0.05) is 104 Å². The van der Waals surface area contributed by atoms with Gasteiger partial charge in [-0.2, -0.15) is 5.06 Å². The van der Waals surface area contributed by atoms with Crippen molar-refractivity contribution in [3.63, 3.8) is 0 Å². The monoisotopic (exact) mass is 1000 g/mol. The zero-order chi connectivity index (χ0) is 51.2. The summed E-state index contributed by atoms with van der Waals surface area (Å²) < 4.78 is 32.1. The van der Waals surface area contributed by atoms with Gasteiger partial charge in [-0.3, -0.25) is 24.0 Å². The summed E-state index contributed by atoms with van der Waals surface area (Å²) in [6.45, 7) is 12.2. The van der Waals surface area contributed by atoms with Crippen molar-refractivity contribution in [2.75, 3.05) is 13.7 Å². The van der Waals surface area contributed by atoms with Gasteiger partial charge in [-0.25, -0.2) is 0 Å². The van der Waals surface area contributed by atoms with Crippen LogP contribution < -0.4 is 5.32 Å². The van der Waals surface area contributed by atoms with Crippen molar-refractivity contribution in [2.24, 2.45) is 22.7 Å². The highest BCUT2D eigenvalue weighted by molar-refractivity contribution is 5.96. The molecular formula is C59H73N3O11. The number of benzene rings is 3. The lowest BCUT2D eigenvalue weighted by Gasteiger charge is -2.53. The summed E-state index contributed by atoms with van der Waals surface area (Å²) in [5.74, 6) is -1.95. The molecule has 0 radical (unpaired) electrons. The standard InChI is InChI=1S/C59H73N3O11/c1-55(2,3)70-47(64)23-21-41(34-63)60-52(65)44(28-35-14-9-8-10-15-35)61(7)54(67)59-32-45-48-49(72-58(71-48)29-39-18-11-12-19-40(39)30-58)51(59)73-62(50(59)53(66)68-45)33-37-17-13-16-36(26-37)27-38-20-22-46-57(6,69-46)25-24-43-42(38)31-56(43,4)5/h8-19,26-27,41-46,48-51,63H,20-25,28-34H2,1-7H3,(H,60,65). The molecule has 4 heterocycles. The number of epoxide rings is 1. The van der Waals surface area contributed by atoms with Gasteiger partial charge in [0.05, 0.1) is 30.9 Å². The Hall–Kier alpha value is -4.96. The van der Waals surface area contributed by atoms with Crippen molar-refractivity contribution >= 4 is 29.8 Å². The van der Waals surface area contributed by atoms with Crippen molar-refractivity contribution in [1.29, 1.82) is 0 Å². The fourth-order valence-corrected chi connectivity index (χ4v) is 14.0. The lowest BCUT2D eigenvalue weighted by molar-refractivity contribution is -0.218. The number of rotatable bonds is 13. The molecule has 8 aliphatic rings. The Morgan fingerprint density at radius 2 is 1.63 bits per heavy atom. The van der Waals surface area contributed by atoms with E-state index in [0.717, 1.165) is 59.9 Å². The Kier molecular flexibility index (Phi) is 12.9. The number of allylic oxidation sites excluding steroid dienone is 1. The molecule has 4 aliphatic heterocycles. The number of amides is 2. The van der Waals surface area contributed by atoms with Gasteiger partial charge < -0.3 is 39.0 Å². The molecule has 14 heteroatoms. The van der Waals surface area contributed by atoms with Gasteiger partial charge in [-0.15, -0.1) is 0 Å². The lowest BCUT2D eigenvalue weighted by Crippen LogP contribution is -2.70. The van der Waals surface area contributed by atoms with Crippen LogP contribution in [0.5, 0.6) is 0 Å². The van der Waals surface area contributed by atoms with Gasteiger partial charge in [0, 0.05) is 39.2 Å². The summed E-state index contributed by atoms with van der Waals surface area (Å²) in [7, 11) is 1.60. The number of nitrogens with zero attached hydrogens (tertiary/aromatic N) is 2. The van der Waals surface area contributed by atoms with Gasteiger partial charge >= 0.3 is 11.9 Å². The molecule has 73 heavy (non-hydrogen) atoms. The summed E-state index contributed by atoms with van der Waals surface area (Å²) in [6, 6.07) is 22.8. The van der Waals surface area contributed by atoms with Crippen LogP contribution in [-0.2, 0) is 73.5 Å². The Morgan fingerprint density at radius 3 is 2.34 bits per heavy atom. The fraction of sp³-hybridized carbons (Fsp3) is 0.593. The first-order valence-corrected chi connectivity index (χ1v) is 26.7. The highest BCUT2D eigenvalue weighted by atomic mass is 16.8. The Bertz CT molecular complexity index is 2640. The minimum Gasteiger partial charge on any atom is -0.460 e. The predicted octanol–water partition coefficient (Wildman–Crippen LogP) is 7.21. The molecule has 2 bridgehead atoms. The number of ether oxygens (including phenoxy) is 5. The number of hydrogen-bond donors (Lipinski definition) is 2. The van der Waals surface area contributed by atoms with E-state index in [9.17, 15) is 19.5 Å². The quantitative estimate of drug-likeness (QED) is 0.131. The lowest BCUT2D eigenvalue weighted by atomic mass is 9.52. The van der Waals surface area contributed by atoms with Crippen LogP contribution in [0, 0.1) is 22.7 Å². The van der Waals surface area contributed by atoms with Gasteiger partial charge in [0.15, 0.2) is 11.8 Å². The van der Waals surface area contributed by atoms with E-state index in [1.807, 2.05) is 54.6 Å². The van der Waals surface area contributed by atoms with Crippen LogP contribution in [0.25, 0.3) is 6.08 Å². The molecule has 4 aliphatic carbocycles. The Balaban J connectivity index is 0.912. The summed E-state index contributed by atoms with van der Waals surface area (Å²) in [4.78, 5) is 66.9. The Labute approximate surface area is 429 Å². The number of aliphatic hydroxyl groups is 1. The second-order valence-electron chi connectivity index (χ2n) is 24.4. The third kappa shape index (κ3) is 9.36. The number of nitrogens with one attached hydrogen (secondary N) is 1. The molecule has 0 aromatic heterocycles. The fourth-order valence-electron chi connectivity index (χ4n) is 14.0. The van der Waals surface area contributed by atoms with E-state index < -0.39 is 89.7 Å². The van der Waals surface area contributed by atoms with Crippen molar-refractivity contribution in [2.45, 2.75) is 184 Å². The van der Waals surface area contributed by atoms with Crippen LogP contribution >= 0.6 is 0 Å². The van der Waals surface area contributed by atoms with Crippen molar-refractivity contribution in [3.8, 4) is 0 Å². The van der Waals surface area contributed by atoms with Crippen LogP contribution in [0.4, 0.5) is 0 Å². The minimum absolute atomic E-state index is 0.00660. The van der Waals surface area contributed by atoms with E-state index in [-0.39, 0.29) is 43.2 Å². The van der Waals surface area contributed by atoms with E-state index in [0.29, 0.717) is 30.8 Å². The van der Waals surface area contributed by atoms with Gasteiger partial charge in [0.1, 0.15) is 41.5 Å². The average molecular weight is 1000 g/mol. The second-order valence-corrected chi connectivity index (χ2v) is 24.4. The van der Waals surface area contributed by atoms with E-state index in [2.05, 4.69) is 56.4 Å². The van der Waals surface area contributed by atoms with E-state index in [1.54, 1.807) is 32.9 Å². The third-order valence-corrected chi connectivity index (χ3v) is 17.8. The molecule has 7 fully saturated rings. The number of aliphatic hydroxyl groups excluding tert-OH is 1. The normalized spacial score (nSPS) is 33.6. The minimum atomic E-state index is -1.55. The van der Waals surface area contributed by atoms with Crippen LogP contribution in [0.15, 0.2) is 84.4 Å². The van der Waals surface area contributed by atoms with Gasteiger partial charge in [0.2, 0.25) is 11.8 Å². The number of esters is 2. The molecule has 12 unspecified atom stereocenters. The SMILES string of the molecule is CN(C(=O)C12CC3OC(=O)C1N(Cc1cccc(C=C4CCC5OC5(C)CCC5C4CC5(C)C)c1)OC2C1OC2(Cc4ccccc4C2)OC31)C(Cc1ccccc1)C(=O)NC(CO)CCC(=O)OC(C)(C)C. The predicted molar refractivity (Wildman–Crippen MR) is 270 cm³/mol. The first-order valence-electron chi connectivity index (χ1n) is 26.7. The molecule has 4 saturated heterocycles. The number of carbonyl (C=O) groups is 4. The van der Waals surface area contributed by atoms with E-state index >= 15 is 4.79 Å². The first-order chi connectivity index (χ1) is 34.8. The summed E-state index contributed by atoms with van der Waals surface area (Å²) >= 11 is 0. The van der Waals surface area contributed by atoms with Crippen molar-refractivity contribution in [3.05, 3.63) is 112 Å². The van der Waals surface area contributed by atoms with Crippen LogP contribution in [0.2, 0.25) is 0 Å². The number of hydroxylamine groups is 2. The molecule has 3 aromatic carbocycles. The molecule has 1 spiro atoms. The molecule has 11 rings (SSSR count). The van der Waals surface area contributed by atoms with E-state index in [4.69, 9.17) is 28.5 Å². The smallest absolute Gasteiger partial charge is 0.327 e. The zero-order valence-electron chi connectivity index (χ0n) is 43.5. The largest absolute Gasteiger partial charge is 0.460 e. The number of carbonyl (C=O) groups excluding carboxylic acids is 4. The summed E-state index contributed by atoms with van der Waals surface area (Å²) in [6.07, 6.45) is 6.05. The highest BCUT2D eigenvalue weighted by Crippen LogP contribution is 2.61. The second kappa shape index (κ2) is 18.7. The van der Waals surface area contributed by atoms with Crippen LogP contribution in [-0.4, -0.2) is 118 Å². The molecule has 2 amide bonds. The van der Waals surface area contributed by atoms with Crippen molar-refractivity contribution < 1.29 is 52.8 Å². The number of fused-ring (bicyclic) bond motifs is 7. The van der Waals surface area contributed by atoms with Gasteiger partial charge in [0.25, 0.3) is 0 Å². The molecule has 14 nitrogen and oxygen atoms in total. The first kappa shape index (κ1) is 50.2. The van der Waals surface area contributed by atoms with E-state index in [1.165, 1.54) is 10.5 Å². The maximum Gasteiger partial charge on any atom is 0.327 e. The third-order valence-electron chi connectivity index (χ3n) is 17.8. The average Bonchev–Trinajstić information content (AvgIpc) is 3.61. The summed E-state index contributed by atoms with van der Waals surface area (Å²) in [5.41, 5.74) is 4.49.